The number of amides is 1. The Balaban J connectivity index is 1.17. The van der Waals surface area contributed by atoms with E-state index in [-0.39, 0.29) is 5.92 Å². The molecule has 2 saturated heterocycles. The maximum atomic E-state index is 12.6. The van der Waals surface area contributed by atoms with Gasteiger partial charge in [-0.3, -0.25) is 9.69 Å². The van der Waals surface area contributed by atoms with E-state index in [1.54, 1.807) is 11.3 Å². The van der Waals surface area contributed by atoms with E-state index in [1.807, 2.05) is 22.4 Å². The molecule has 2 aromatic rings. The molecule has 0 radical (unpaired) electrons. The first-order chi connectivity index (χ1) is 13.3. The molecule has 1 amide bonds. The van der Waals surface area contributed by atoms with Crippen LogP contribution in [0.1, 0.15) is 25.2 Å². The molecule has 0 bridgehead atoms. The second-order valence-corrected chi connectivity index (χ2v) is 8.09. The second kappa shape index (κ2) is 8.95. The highest BCUT2D eigenvalue weighted by molar-refractivity contribution is 7.13. The van der Waals surface area contributed by atoms with Crippen molar-refractivity contribution >= 4 is 17.2 Å². The Hall–Kier alpha value is -1.77. The van der Waals surface area contributed by atoms with Crippen LogP contribution in [0.3, 0.4) is 0 Å². The van der Waals surface area contributed by atoms with Crippen LogP contribution in [0.4, 0.5) is 0 Å². The Morgan fingerprint density at radius 1 is 1.22 bits per heavy atom. The Bertz CT molecular complexity index is 719. The lowest BCUT2D eigenvalue weighted by Gasteiger charge is -2.37. The van der Waals surface area contributed by atoms with Crippen molar-refractivity contribution in [3.63, 3.8) is 0 Å². The molecule has 2 aromatic heterocycles. The lowest BCUT2D eigenvalue weighted by molar-refractivity contribution is -0.140. The predicted octanol–water partition coefficient (Wildman–Crippen LogP) is 2.30. The van der Waals surface area contributed by atoms with Crippen molar-refractivity contribution in [2.45, 2.75) is 25.7 Å². The number of hydrogen-bond acceptors (Lipinski definition) is 7. The molecule has 0 aliphatic carbocycles. The third-order valence-corrected chi connectivity index (χ3v) is 6.19. The van der Waals surface area contributed by atoms with Crippen LogP contribution in [0.5, 0.6) is 0 Å². The standard InChI is InChI=1S/C19H26N4O3S/c24-19(15-5-12-25-13-6-15)23-10-8-22(9-11-23)7-1-4-17-20-18(21-26-17)16-3-2-14-27-16/h2-3,14-15H,1,4-13H2. The zero-order valence-electron chi connectivity index (χ0n) is 15.5. The van der Waals surface area contributed by atoms with Gasteiger partial charge in [-0.1, -0.05) is 11.2 Å². The number of carbonyl (C=O) groups is 1. The summed E-state index contributed by atoms with van der Waals surface area (Å²) in [7, 11) is 0. The quantitative estimate of drug-likeness (QED) is 0.754. The number of hydrogen-bond donors (Lipinski definition) is 0. The second-order valence-electron chi connectivity index (χ2n) is 7.15. The molecule has 7 nitrogen and oxygen atoms in total. The molecule has 2 aliphatic rings. The van der Waals surface area contributed by atoms with Gasteiger partial charge in [0.2, 0.25) is 17.6 Å². The minimum atomic E-state index is 0.167. The monoisotopic (exact) mass is 390 g/mol. The fourth-order valence-corrected chi connectivity index (χ4v) is 4.36. The average molecular weight is 391 g/mol. The molecule has 0 aromatic carbocycles. The lowest BCUT2D eigenvalue weighted by atomic mass is 9.98. The van der Waals surface area contributed by atoms with Crippen molar-refractivity contribution in [2.24, 2.45) is 5.92 Å². The number of thiophene rings is 1. The third-order valence-electron chi connectivity index (χ3n) is 5.33. The van der Waals surface area contributed by atoms with E-state index >= 15 is 0 Å². The number of ether oxygens (including phenoxy) is 1. The van der Waals surface area contributed by atoms with E-state index in [0.29, 0.717) is 17.6 Å². The van der Waals surface area contributed by atoms with Gasteiger partial charge in [0.25, 0.3) is 0 Å². The molecule has 8 heteroatoms. The number of rotatable bonds is 6. The zero-order valence-corrected chi connectivity index (χ0v) is 16.3. The SMILES string of the molecule is O=C(C1CCOCC1)N1CCN(CCCc2nc(-c3cccs3)no2)CC1. The highest BCUT2D eigenvalue weighted by atomic mass is 32.1. The molecule has 146 valence electrons. The summed E-state index contributed by atoms with van der Waals surface area (Å²) in [6, 6.07) is 3.99. The summed E-state index contributed by atoms with van der Waals surface area (Å²) in [5.74, 6) is 1.87. The van der Waals surface area contributed by atoms with E-state index in [4.69, 9.17) is 9.26 Å². The van der Waals surface area contributed by atoms with Crippen LogP contribution < -0.4 is 0 Å². The zero-order chi connectivity index (χ0) is 18.5. The predicted molar refractivity (Wildman–Crippen MR) is 102 cm³/mol. The van der Waals surface area contributed by atoms with Gasteiger partial charge in [-0.2, -0.15) is 4.98 Å². The van der Waals surface area contributed by atoms with Gasteiger partial charge in [0.05, 0.1) is 4.88 Å². The third kappa shape index (κ3) is 4.75. The number of aromatic nitrogens is 2. The van der Waals surface area contributed by atoms with Gasteiger partial charge in [-0.05, 0) is 37.3 Å². The average Bonchev–Trinajstić information content (AvgIpc) is 3.40. The Kier molecular flexibility index (Phi) is 6.16. The van der Waals surface area contributed by atoms with Gasteiger partial charge in [0.15, 0.2) is 0 Å². The summed E-state index contributed by atoms with van der Waals surface area (Å²) in [4.78, 5) is 22.6. The van der Waals surface area contributed by atoms with E-state index in [1.165, 1.54) is 0 Å². The fraction of sp³-hybridized carbons (Fsp3) is 0.632. The number of carbonyl (C=O) groups excluding carboxylic acids is 1. The number of nitrogens with zero attached hydrogens (tertiary/aromatic N) is 4. The van der Waals surface area contributed by atoms with Crippen LogP contribution in [0.15, 0.2) is 22.0 Å². The maximum absolute atomic E-state index is 12.6. The van der Waals surface area contributed by atoms with Crippen molar-refractivity contribution in [1.82, 2.24) is 19.9 Å². The summed E-state index contributed by atoms with van der Waals surface area (Å²) in [6.45, 7) is 5.99. The topological polar surface area (TPSA) is 71.7 Å². The number of piperazine rings is 1. The Morgan fingerprint density at radius 3 is 2.78 bits per heavy atom. The molecular weight excluding hydrogens is 364 g/mol. The maximum Gasteiger partial charge on any atom is 0.227 e. The van der Waals surface area contributed by atoms with Crippen LogP contribution >= 0.6 is 11.3 Å². The highest BCUT2D eigenvalue weighted by Gasteiger charge is 2.28. The molecule has 0 spiro atoms. The number of aryl methyl sites for hydroxylation is 1. The summed E-state index contributed by atoms with van der Waals surface area (Å²) >= 11 is 1.62. The molecule has 2 fully saturated rings. The summed E-state index contributed by atoms with van der Waals surface area (Å²) in [6.07, 6.45) is 3.52. The molecule has 0 saturated carbocycles. The van der Waals surface area contributed by atoms with Gasteiger partial charge < -0.3 is 14.2 Å². The fourth-order valence-electron chi connectivity index (χ4n) is 3.71. The van der Waals surface area contributed by atoms with E-state index in [9.17, 15) is 4.79 Å². The molecular formula is C19H26N4O3S. The van der Waals surface area contributed by atoms with E-state index in [0.717, 1.165) is 76.5 Å². The van der Waals surface area contributed by atoms with Crippen molar-refractivity contribution in [2.75, 3.05) is 45.9 Å². The summed E-state index contributed by atoms with van der Waals surface area (Å²) in [5, 5.41) is 6.07. The van der Waals surface area contributed by atoms with Crippen LogP contribution in [0.2, 0.25) is 0 Å². The van der Waals surface area contributed by atoms with Gasteiger partial charge in [0, 0.05) is 51.7 Å². The van der Waals surface area contributed by atoms with Crippen molar-refractivity contribution in [3.8, 4) is 10.7 Å². The molecule has 27 heavy (non-hydrogen) atoms. The summed E-state index contributed by atoms with van der Waals surface area (Å²) in [5.41, 5.74) is 0. The first kappa shape index (κ1) is 18.6. The molecule has 0 N–H and O–H groups in total. The Morgan fingerprint density at radius 2 is 2.04 bits per heavy atom. The molecule has 4 heterocycles. The van der Waals surface area contributed by atoms with E-state index in [2.05, 4.69) is 15.0 Å². The van der Waals surface area contributed by atoms with E-state index < -0.39 is 0 Å². The largest absolute Gasteiger partial charge is 0.381 e. The van der Waals surface area contributed by atoms with Gasteiger partial charge in [-0.25, -0.2) is 0 Å². The van der Waals surface area contributed by atoms with Gasteiger partial charge >= 0.3 is 0 Å². The first-order valence-corrected chi connectivity index (χ1v) is 10.6. The summed E-state index contributed by atoms with van der Waals surface area (Å²) < 4.78 is 10.7. The minimum absolute atomic E-state index is 0.167. The molecule has 0 atom stereocenters. The lowest BCUT2D eigenvalue weighted by Crippen LogP contribution is -2.51. The van der Waals surface area contributed by atoms with Crippen molar-refractivity contribution < 1.29 is 14.1 Å². The van der Waals surface area contributed by atoms with Crippen LogP contribution in [-0.2, 0) is 16.0 Å². The highest BCUT2D eigenvalue weighted by Crippen LogP contribution is 2.22. The smallest absolute Gasteiger partial charge is 0.227 e. The van der Waals surface area contributed by atoms with Gasteiger partial charge in [-0.15, -0.1) is 11.3 Å². The van der Waals surface area contributed by atoms with Crippen LogP contribution in [0, 0.1) is 5.92 Å². The first-order valence-electron chi connectivity index (χ1n) is 9.75. The van der Waals surface area contributed by atoms with Crippen molar-refractivity contribution in [3.05, 3.63) is 23.4 Å². The Labute approximate surface area is 163 Å². The normalized spacial score (nSPS) is 19.5. The molecule has 2 aliphatic heterocycles. The van der Waals surface area contributed by atoms with Crippen LogP contribution in [0.25, 0.3) is 10.7 Å². The minimum Gasteiger partial charge on any atom is -0.381 e. The van der Waals surface area contributed by atoms with Crippen LogP contribution in [-0.4, -0.2) is 71.8 Å². The molecule has 4 rings (SSSR count). The van der Waals surface area contributed by atoms with Gasteiger partial charge in [0.1, 0.15) is 0 Å². The molecule has 0 unspecified atom stereocenters. The van der Waals surface area contributed by atoms with Crippen molar-refractivity contribution in [1.29, 1.82) is 0 Å².